The molecule has 0 spiro atoms. The molecule has 0 amide bonds. The molecule has 1 aromatic carbocycles. The summed E-state index contributed by atoms with van der Waals surface area (Å²) in [6.45, 7) is 6.89. The van der Waals surface area contributed by atoms with Crippen molar-refractivity contribution in [2.45, 2.75) is 32.9 Å². The molecule has 0 bridgehead atoms. The first-order chi connectivity index (χ1) is 8.62. The number of ether oxygens (including phenoxy) is 1. The lowest BCUT2D eigenvalue weighted by atomic mass is 10.0. The molecule has 0 aliphatic rings. The van der Waals surface area contributed by atoms with Crippen LogP contribution in [0.25, 0.3) is 0 Å². The maximum atomic E-state index is 5.86. The van der Waals surface area contributed by atoms with Crippen LogP contribution in [0.4, 0.5) is 0 Å². The summed E-state index contributed by atoms with van der Waals surface area (Å²) in [5.74, 6) is 0.864. The highest BCUT2D eigenvalue weighted by atomic mass is 16.5. The molecule has 18 heavy (non-hydrogen) atoms. The van der Waals surface area contributed by atoms with Crippen molar-refractivity contribution < 1.29 is 4.74 Å². The van der Waals surface area contributed by atoms with Gasteiger partial charge in [0.15, 0.2) is 0 Å². The summed E-state index contributed by atoms with van der Waals surface area (Å²) < 4.78 is 5.24. The van der Waals surface area contributed by atoms with Crippen LogP contribution in [0, 0.1) is 0 Å². The third-order valence-corrected chi connectivity index (χ3v) is 3.32. The fourth-order valence-electron chi connectivity index (χ4n) is 1.84. The topological polar surface area (TPSA) is 47.3 Å². The van der Waals surface area contributed by atoms with E-state index < -0.39 is 0 Å². The fraction of sp³-hybridized carbons (Fsp3) is 0.467. The first-order valence-electron chi connectivity index (χ1n) is 6.35. The van der Waals surface area contributed by atoms with Gasteiger partial charge in [-0.25, -0.2) is 0 Å². The van der Waals surface area contributed by atoms with Crippen molar-refractivity contribution in [3.05, 3.63) is 41.5 Å². The molecule has 0 fully saturated rings. The molecule has 0 aliphatic carbocycles. The van der Waals surface area contributed by atoms with Gasteiger partial charge in [-0.2, -0.15) is 0 Å². The van der Waals surface area contributed by atoms with Crippen LogP contribution in [-0.2, 0) is 0 Å². The summed E-state index contributed by atoms with van der Waals surface area (Å²) in [6.07, 6.45) is 2.12. The third kappa shape index (κ3) is 3.86. The second-order valence-corrected chi connectivity index (χ2v) is 4.49. The van der Waals surface area contributed by atoms with E-state index in [1.54, 1.807) is 7.11 Å². The summed E-state index contributed by atoms with van der Waals surface area (Å²) in [4.78, 5) is 0. The lowest BCUT2D eigenvalue weighted by Crippen LogP contribution is -2.35. The van der Waals surface area contributed by atoms with E-state index in [0.29, 0.717) is 12.6 Å². The summed E-state index contributed by atoms with van der Waals surface area (Å²) >= 11 is 0. The molecule has 3 N–H and O–H groups in total. The van der Waals surface area contributed by atoms with Gasteiger partial charge in [0.25, 0.3) is 0 Å². The number of nitrogens with one attached hydrogen (secondary N) is 1. The molecule has 3 nitrogen and oxygen atoms in total. The molecule has 1 rings (SSSR count). The van der Waals surface area contributed by atoms with Crippen molar-refractivity contribution in [1.29, 1.82) is 0 Å². The van der Waals surface area contributed by atoms with E-state index in [1.165, 1.54) is 5.57 Å². The van der Waals surface area contributed by atoms with Gasteiger partial charge in [-0.3, -0.25) is 0 Å². The van der Waals surface area contributed by atoms with Gasteiger partial charge in [0, 0.05) is 18.6 Å². The number of nitrogens with two attached hydrogens (primary N) is 1. The van der Waals surface area contributed by atoms with Gasteiger partial charge in [-0.05, 0) is 38.5 Å². The molecule has 0 radical (unpaired) electrons. The molecule has 0 saturated carbocycles. The lowest BCUT2D eigenvalue weighted by molar-refractivity contribution is 0.412. The van der Waals surface area contributed by atoms with Gasteiger partial charge in [0.05, 0.1) is 7.11 Å². The predicted octanol–water partition coefficient (Wildman–Crippen LogP) is 2.64. The zero-order valence-corrected chi connectivity index (χ0v) is 11.7. The normalized spacial score (nSPS) is 15.3. The Kier molecular flexibility index (Phi) is 5.89. The minimum Gasteiger partial charge on any atom is -0.497 e. The van der Waals surface area contributed by atoms with Crippen LogP contribution >= 0.6 is 0 Å². The molecule has 0 heterocycles. The fourth-order valence-corrected chi connectivity index (χ4v) is 1.84. The smallest absolute Gasteiger partial charge is 0.119 e. The standard InChI is InChI=1S/C15H24N2O/c1-5-11(2)12(3)17-15(10-16)13-7-6-8-14(9-13)18-4/h5-9,12,15,17H,10,16H2,1-4H3/b11-5-/t12-,15?/m1/s1. The average Bonchev–Trinajstić information content (AvgIpc) is 2.43. The Labute approximate surface area is 110 Å². The summed E-state index contributed by atoms with van der Waals surface area (Å²) in [5, 5.41) is 3.54. The number of hydrogen-bond donors (Lipinski definition) is 2. The van der Waals surface area contributed by atoms with E-state index in [0.717, 1.165) is 11.3 Å². The van der Waals surface area contributed by atoms with Crippen molar-refractivity contribution >= 4 is 0 Å². The van der Waals surface area contributed by atoms with Crippen LogP contribution in [0.5, 0.6) is 5.75 Å². The first-order valence-corrected chi connectivity index (χ1v) is 6.35. The zero-order chi connectivity index (χ0) is 13.5. The van der Waals surface area contributed by atoms with Crippen LogP contribution in [-0.4, -0.2) is 19.7 Å². The molecule has 3 heteroatoms. The zero-order valence-electron chi connectivity index (χ0n) is 11.7. The van der Waals surface area contributed by atoms with Crippen molar-refractivity contribution in [2.24, 2.45) is 5.73 Å². The van der Waals surface area contributed by atoms with Gasteiger partial charge in [0.1, 0.15) is 5.75 Å². The van der Waals surface area contributed by atoms with Crippen molar-refractivity contribution in [2.75, 3.05) is 13.7 Å². The lowest BCUT2D eigenvalue weighted by Gasteiger charge is -2.23. The van der Waals surface area contributed by atoms with Gasteiger partial charge >= 0.3 is 0 Å². The Morgan fingerprint density at radius 2 is 2.22 bits per heavy atom. The second-order valence-electron chi connectivity index (χ2n) is 4.49. The molecular weight excluding hydrogens is 224 g/mol. The van der Waals surface area contributed by atoms with Crippen LogP contribution < -0.4 is 15.8 Å². The number of rotatable bonds is 6. The Hall–Kier alpha value is -1.32. The number of methoxy groups -OCH3 is 1. The Bertz CT molecular complexity index is 401. The Morgan fingerprint density at radius 3 is 2.78 bits per heavy atom. The maximum Gasteiger partial charge on any atom is 0.119 e. The summed E-state index contributed by atoms with van der Waals surface area (Å²) in [7, 11) is 1.68. The second kappa shape index (κ2) is 7.19. The van der Waals surface area contributed by atoms with E-state index in [-0.39, 0.29) is 6.04 Å². The average molecular weight is 248 g/mol. The molecule has 100 valence electrons. The van der Waals surface area contributed by atoms with E-state index in [2.05, 4.69) is 38.2 Å². The van der Waals surface area contributed by atoms with Crippen LogP contribution in [0.2, 0.25) is 0 Å². The first kappa shape index (κ1) is 14.7. The summed E-state index contributed by atoms with van der Waals surface area (Å²) in [5.41, 5.74) is 8.34. The summed E-state index contributed by atoms with van der Waals surface area (Å²) in [6, 6.07) is 8.50. The third-order valence-electron chi connectivity index (χ3n) is 3.32. The van der Waals surface area contributed by atoms with E-state index in [4.69, 9.17) is 10.5 Å². The number of benzene rings is 1. The molecular formula is C15H24N2O. The number of hydrogen-bond acceptors (Lipinski definition) is 3. The van der Waals surface area contributed by atoms with E-state index in [9.17, 15) is 0 Å². The van der Waals surface area contributed by atoms with Crippen molar-refractivity contribution in [3.63, 3.8) is 0 Å². The van der Waals surface area contributed by atoms with Crippen LogP contribution in [0.15, 0.2) is 35.9 Å². The van der Waals surface area contributed by atoms with Gasteiger partial charge in [-0.15, -0.1) is 0 Å². The Morgan fingerprint density at radius 1 is 1.50 bits per heavy atom. The van der Waals surface area contributed by atoms with Crippen molar-refractivity contribution in [1.82, 2.24) is 5.32 Å². The largest absolute Gasteiger partial charge is 0.497 e. The Balaban J connectivity index is 2.82. The van der Waals surface area contributed by atoms with E-state index >= 15 is 0 Å². The van der Waals surface area contributed by atoms with Gasteiger partial charge < -0.3 is 15.8 Å². The molecule has 0 saturated heterocycles. The highest BCUT2D eigenvalue weighted by molar-refractivity contribution is 5.31. The quantitative estimate of drug-likeness (QED) is 0.761. The maximum absolute atomic E-state index is 5.86. The molecule has 1 aromatic rings. The molecule has 0 aliphatic heterocycles. The minimum atomic E-state index is 0.144. The van der Waals surface area contributed by atoms with Gasteiger partial charge in [-0.1, -0.05) is 23.8 Å². The van der Waals surface area contributed by atoms with Crippen molar-refractivity contribution in [3.8, 4) is 5.75 Å². The van der Waals surface area contributed by atoms with Gasteiger partial charge in [0.2, 0.25) is 0 Å². The minimum absolute atomic E-state index is 0.144. The van der Waals surface area contributed by atoms with Crippen LogP contribution in [0.1, 0.15) is 32.4 Å². The highest BCUT2D eigenvalue weighted by Crippen LogP contribution is 2.19. The molecule has 0 aromatic heterocycles. The highest BCUT2D eigenvalue weighted by Gasteiger charge is 2.13. The monoisotopic (exact) mass is 248 g/mol. The SMILES string of the molecule is C/C=C(/C)[C@@H](C)NC(CN)c1cccc(OC)c1. The predicted molar refractivity (Wildman–Crippen MR) is 76.8 cm³/mol. The number of allylic oxidation sites excluding steroid dienone is 1. The molecule has 1 unspecified atom stereocenters. The van der Waals surface area contributed by atoms with E-state index in [1.807, 2.05) is 18.2 Å². The van der Waals surface area contributed by atoms with Crippen LogP contribution in [0.3, 0.4) is 0 Å². The molecule has 2 atom stereocenters.